The standard InChI is InChI=1S/C12H17N3/c1-4-10(5-2)11-8-9(3)15-12(14-11)6-7-13-15/h6-8,10,14H,3-5H2,1-2H3. The number of allylic oxidation sites excluding steroid dienone is 3. The van der Waals surface area contributed by atoms with Crippen molar-refractivity contribution in [1.29, 1.82) is 0 Å². The smallest absolute Gasteiger partial charge is 0.133 e. The van der Waals surface area contributed by atoms with E-state index in [-0.39, 0.29) is 0 Å². The van der Waals surface area contributed by atoms with Gasteiger partial charge in [0, 0.05) is 11.8 Å². The van der Waals surface area contributed by atoms with Crippen molar-refractivity contribution < 1.29 is 0 Å². The highest BCUT2D eigenvalue weighted by molar-refractivity contribution is 5.67. The zero-order chi connectivity index (χ0) is 10.8. The summed E-state index contributed by atoms with van der Waals surface area (Å²) in [5, 5.41) is 7.60. The van der Waals surface area contributed by atoms with Crippen LogP contribution in [0.1, 0.15) is 26.7 Å². The number of fused-ring (bicyclic) bond motifs is 1. The van der Waals surface area contributed by atoms with Crippen LogP contribution in [-0.2, 0) is 0 Å². The molecule has 0 saturated carbocycles. The molecule has 0 fully saturated rings. The maximum atomic E-state index is 4.19. The molecule has 1 N–H and O–H groups in total. The van der Waals surface area contributed by atoms with Crippen molar-refractivity contribution in [3.63, 3.8) is 0 Å². The summed E-state index contributed by atoms with van der Waals surface area (Å²) in [4.78, 5) is 0. The van der Waals surface area contributed by atoms with Crippen molar-refractivity contribution in [1.82, 2.24) is 9.78 Å². The molecular formula is C12H17N3. The maximum absolute atomic E-state index is 4.19. The van der Waals surface area contributed by atoms with E-state index in [0.717, 1.165) is 24.4 Å². The third kappa shape index (κ3) is 1.69. The quantitative estimate of drug-likeness (QED) is 0.818. The predicted molar refractivity (Wildman–Crippen MR) is 63.3 cm³/mol. The molecule has 1 aromatic rings. The summed E-state index contributed by atoms with van der Waals surface area (Å²) in [7, 11) is 0. The molecule has 0 saturated heterocycles. The van der Waals surface area contributed by atoms with Gasteiger partial charge in [0.1, 0.15) is 5.82 Å². The minimum absolute atomic E-state index is 0.588. The van der Waals surface area contributed by atoms with Crippen LogP contribution in [0.5, 0.6) is 0 Å². The largest absolute Gasteiger partial charge is 0.343 e. The third-order valence-corrected chi connectivity index (χ3v) is 2.93. The number of nitrogens with one attached hydrogen (secondary N) is 1. The fraction of sp³-hybridized carbons (Fsp3) is 0.417. The molecule has 0 aliphatic carbocycles. The summed E-state index contributed by atoms with van der Waals surface area (Å²) < 4.78 is 1.83. The lowest BCUT2D eigenvalue weighted by Gasteiger charge is -2.24. The fourth-order valence-electron chi connectivity index (χ4n) is 2.00. The molecule has 2 rings (SSSR count). The van der Waals surface area contributed by atoms with Crippen LogP contribution in [0.4, 0.5) is 5.82 Å². The van der Waals surface area contributed by atoms with Crippen molar-refractivity contribution in [2.24, 2.45) is 5.92 Å². The normalized spacial score (nSPS) is 14.9. The van der Waals surface area contributed by atoms with Crippen molar-refractivity contribution >= 4 is 11.5 Å². The SMILES string of the molecule is C=C1C=C(C(CC)CC)Nc2ccnn21. The monoisotopic (exact) mass is 203 g/mol. The minimum Gasteiger partial charge on any atom is -0.343 e. The first-order valence-electron chi connectivity index (χ1n) is 5.48. The molecule has 0 radical (unpaired) electrons. The molecule has 0 aromatic carbocycles. The average Bonchev–Trinajstić information content (AvgIpc) is 2.68. The Kier molecular flexibility index (Phi) is 2.62. The maximum Gasteiger partial charge on any atom is 0.133 e. The Balaban J connectivity index is 2.28. The molecule has 15 heavy (non-hydrogen) atoms. The van der Waals surface area contributed by atoms with Gasteiger partial charge in [-0.15, -0.1) is 0 Å². The number of hydrogen-bond acceptors (Lipinski definition) is 2. The highest BCUT2D eigenvalue weighted by atomic mass is 15.3. The second-order valence-corrected chi connectivity index (χ2v) is 3.86. The van der Waals surface area contributed by atoms with Crippen LogP contribution in [0.2, 0.25) is 0 Å². The summed E-state index contributed by atoms with van der Waals surface area (Å²) in [5.74, 6) is 1.61. The second-order valence-electron chi connectivity index (χ2n) is 3.86. The van der Waals surface area contributed by atoms with E-state index in [9.17, 15) is 0 Å². The summed E-state index contributed by atoms with van der Waals surface area (Å²) in [6.07, 6.45) is 6.18. The highest BCUT2D eigenvalue weighted by Gasteiger charge is 2.17. The molecule has 2 heterocycles. The number of hydrogen-bond donors (Lipinski definition) is 1. The Morgan fingerprint density at radius 2 is 2.20 bits per heavy atom. The molecule has 0 spiro atoms. The van der Waals surface area contributed by atoms with Crippen molar-refractivity contribution in [3.05, 3.63) is 30.6 Å². The van der Waals surface area contributed by atoms with Gasteiger partial charge in [-0.05, 0) is 24.8 Å². The van der Waals surface area contributed by atoms with E-state index in [2.05, 4.69) is 36.9 Å². The van der Waals surface area contributed by atoms with Gasteiger partial charge < -0.3 is 5.32 Å². The van der Waals surface area contributed by atoms with Gasteiger partial charge in [0.2, 0.25) is 0 Å². The van der Waals surface area contributed by atoms with Crippen LogP contribution in [0.15, 0.2) is 30.6 Å². The van der Waals surface area contributed by atoms with Crippen LogP contribution in [0.25, 0.3) is 5.70 Å². The van der Waals surface area contributed by atoms with E-state index < -0.39 is 0 Å². The van der Waals surface area contributed by atoms with E-state index in [1.54, 1.807) is 6.20 Å². The molecule has 0 unspecified atom stereocenters. The van der Waals surface area contributed by atoms with E-state index >= 15 is 0 Å². The molecule has 0 amide bonds. The summed E-state index contributed by atoms with van der Waals surface area (Å²) in [6.45, 7) is 8.44. The second kappa shape index (κ2) is 3.93. The lowest BCUT2D eigenvalue weighted by molar-refractivity contribution is 0.572. The van der Waals surface area contributed by atoms with Crippen LogP contribution < -0.4 is 5.32 Å². The zero-order valence-corrected chi connectivity index (χ0v) is 9.33. The first kappa shape index (κ1) is 10.0. The Morgan fingerprint density at radius 1 is 1.47 bits per heavy atom. The minimum atomic E-state index is 0.588. The molecule has 0 bridgehead atoms. The van der Waals surface area contributed by atoms with Gasteiger partial charge in [-0.1, -0.05) is 20.4 Å². The number of aromatic nitrogens is 2. The third-order valence-electron chi connectivity index (χ3n) is 2.93. The number of nitrogens with zero attached hydrogens (tertiary/aromatic N) is 2. The van der Waals surface area contributed by atoms with Gasteiger partial charge in [-0.2, -0.15) is 5.10 Å². The van der Waals surface area contributed by atoms with Gasteiger partial charge in [0.25, 0.3) is 0 Å². The van der Waals surface area contributed by atoms with E-state index in [4.69, 9.17) is 0 Å². The van der Waals surface area contributed by atoms with Crippen molar-refractivity contribution in [3.8, 4) is 0 Å². The Bertz CT molecular complexity index is 397. The first-order chi connectivity index (χ1) is 7.26. The fourth-order valence-corrected chi connectivity index (χ4v) is 2.00. The summed E-state index contributed by atoms with van der Waals surface area (Å²) >= 11 is 0. The van der Waals surface area contributed by atoms with E-state index in [1.165, 1.54) is 5.70 Å². The first-order valence-corrected chi connectivity index (χ1v) is 5.48. The van der Waals surface area contributed by atoms with Gasteiger partial charge in [0.15, 0.2) is 0 Å². The highest BCUT2D eigenvalue weighted by Crippen LogP contribution is 2.28. The molecule has 1 aliphatic heterocycles. The topological polar surface area (TPSA) is 29.9 Å². The molecule has 3 nitrogen and oxygen atoms in total. The Labute approximate surface area is 90.5 Å². The lowest BCUT2D eigenvalue weighted by Crippen LogP contribution is -2.18. The molecular weight excluding hydrogens is 186 g/mol. The molecule has 3 heteroatoms. The zero-order valence-electron chi connectivity index (χ0n) is 9.33. The van der Waals surface area contributed by atoms with Crippen LogP contribution in [0, 0.1) is 5.92 Å². The summed E-state index contributed by atoms with van der Waals surface area (Å²) in [6, 6.07) is 1.97. The van der Waals surface area contributed by atoms with E-state index in [0.29, 0.717) is 5.92 Å². The van der Waals surface area contributed by atoms with Gasteiger partial charge in [0.05, 0.1) is 11.9 Å². The molecule has 1 aromatic heterocycles. The molecule has 0 atom stereocenters. The predicted octanol–water partition coefficient (Wildman–Crippen LogP) is 3.10. The Morgan fingerprint density at radius 3 is 2.87 bits per heavy atom. The van der Waals surface area contributed by atoms with Crippen molar-refractivity contribution in [2.75, 3.05) is 5.32 Å². The Hall–Kier alpha value is -1.51. The average molecular weight is 203 g/mol. The van der Waals surface area contributed by atoms with E-state index in [1.807, 2.05) is 10.7 Å². The van der Waals surface area contributed by atoms with Crippen LogP contribution in [0.3, 0.4) is 0 Å². The van der Waals surface area contributed by atoms with Crippen molar-refractivity contribution in [2.45, 2.75) is 26.7 Å². The lowest BCUT2D eigenvalue weighted by atomic mass is 9.98. The number of rotatable bonds is 3. The van der Waals surface area contributed by atoms with Gasteiger partial charge in [-0.25, -0.2) is 4.68 Å². The molecule has 1 aliphatic rings. The summed E-state index contributed by atoms with van der Waals surface area (Å²) in [5.41, 5.74) is 2.20. The van der Waals surface area contributed by atoms with Gasteiger partial charge in [-0.3, -0.25) is 0 Å². The number of anilines is 1. The van der Waals surface area contributed by atoms with Crippen LogP contribution in [-0.4, -0.2) is 9.78 Å². The van der Waals surface area contributed by atoms with Gasteiger partial charge >= 0.3 is 0 Å². The molecule has 80 valence electrons. The van der Waals surface area contributed by atoms with Crippen LogP contribution >= 0.6 is 0 Å².